The average Bonchev–Trinajstić information content (AvgIpc) is 1.96. The van der Waals surface area contributed by atoms with Gasteiger partial charge in [-0.25, -0.2) is 8.42 Å². The van der Waals surface area contributed by atoms with Crippen LogP contribution in [0.25, 0.3) is 0 Å². The van der Waals surface area contributed by atoms with Gasteiger partial charge in [0, 0.05) is 0 Å². The predicted octanol–water partition coefficient (Wildman–Crippen LogP) is 1.53. The molecule has 0 aliphatic rings. The molecule has 0 aliphatic heterocycles. The summed E-state index contributed by atoms with van der Waals surface area (Å²) in [7, 11) is -3.31. The molecular weight excluding hydrogens is 258 g/mol. The van der Waals surface area contributed by atoms with Crippen LogP contribution in [0.5, 0.6) is 5.75 Å². The highest BCUT2D eigenvalue weighted by Crippen LogP contribution is 2.31. The highest BCUT2D eigenvalue weighted by molar-refractivity contribution is 9.10. The van der Waals surface area contributed by atoms with E-state index in [4.69, 9.17) is 0 Å². The van der Waals surface area contributed by atoms with Gasteiger partial charge in [-0.05, 0) is 28.1 Å². The van der Waals surface area contributed by atoms with Gasteiger partial charge in [0.1, 0.15) is 5.75 Å². The number of benzene rings is 1. The molecule has 1 aromatic carbocycles. The van der Waals surface area contributed by atoms with E-state index in [0.717, 1.165) is 6.26 Å². The van der Waals surface area contributed by atoms with Crippen LogP contribution in [0, 0.1) is 0 Å². The number of hydrogen-bond donors (Lipinski definition) is 2. The largest absolute Gasteiger partial charge is 0.507 e. The Bertz CT molecular complexity index is 416. The first kappa shape index (κ1) is 10.3. The number of aromatic hydroxyl groups is 1. The summed E-state index contributed by atoms with van der Waals surface area (Å²) < 4.78 is 24.3. The van der Waals surface area contributed by atoms with Gasteiger partial charge >= 0.3 is 0 Å². The predicted molar refractivity (Wildman–Crippen MR) is 54.3 cm³/mol. The summed E-state index contributed by atoms with van der Waals surface area (Å²) in [6.45, 7) is 0. The molecule has 1 aromatic rings. The van der Waals surface area contributed by atoms with Crippen LogP contribution in [-0.2, 0) is 10.0 Å². The van der Waals surface area contributed by atoms with E-state index in [1.165, 1.54) is 6.07 Å². The van der Waals surface area contributed by atoms with Gasteiger partial charge < -0.3 is 5.11 Å². The van der Waals surface area contributed by atoms with Crippen molar-refractivity contribution in [2.45, 2.75) is 0 Å². The number of halogens is 1. The first-order chi connectivity index (χ1) is 5.90. The Morgan fingerprint density at radius 1 is 1.46 bits per heavy atom. The fourth-order valence-corrected chi connectivity index (χ4v) is 1.86. The Labute approximate surface area is 84.8 Å². The molecule has 2 N–H and O–H groups in total. The molecule has 0 heterocycles. The first-order valence-corrected chi connectivity index (χ1v) is 6.04. The van der Waals surface area contributed by atoms with E-state index in [1.807, 2.05) is 0 Å². The number of phenols is 1. The maximum Gasteiger partial charge on any atom is 0.229 e. The topological polar surface area (TPSA) is 66.4 Å². The van der Waals surface area contributed by atoms with Gasteiger partial charge in [0.25, 0.3) is 0 Å². The van der Waals surface area contributed by atoms with Crippen molar-refractivity contribution < 1.29 is 13.5 Å². The van der Waals surface area contributed by atoms with Gasteiger partial charge in [-0.15, -0.1) is 0 Å². The molecule has 0 aliphatic carbocycles. The van der Waals surface area contributed by atoms with Crippen molar-refractivity contribution in [1.29, 1.82) is 0 Å². The number of sulfonamides is 1. The second-order valence-electron chi connectivity index (χ2n) is 2.51. The van der Waals surface area contributed by atoms with Crippen LogP contribution in [0.3, 0.4) is 0 Å². The van der Waals surface area contributed by atoms with Crippen molar-refractivity contribution in [1.82, 2.24) is 0 Å². The Kier molecular flexibility index (Phi) is 2.82. The second-order valence-corrected chi connectivity index (χ2v) is 5.05. The zero-order valence-corrected chi connectivity index (χ0v) is 9.18. The lowest BCUT2D eigenvalue weighted by molar-refractivity contribution is 0.472. The molecule has 0 bridgehead atoms. The van der Waals surface area contributed by atoms with Gasteiger partial charge in [-0.2, -0.15) is 0 Å². The summed E-state index contributed by atoms with van der Waals surface area (Å²) in [5.41, 5.74) is 0.322. The molecule has 0 spiro atoms. The molecule has 72 valence electrons. The Hall–Kier alpha value is -0.750. The van der Waals surface area contributed by atoms with E-state index in [1.54, 1.807) is 12.1 Å². The summed E-state index contributed by atoms with van der Waals surface area (Å²) in [6.07, 6.45) is 1.05. The van der Waals surface area contributed by atoms with Crippen LogP contribution in [0.15, 0.2) is 22.7 Å². The van der Waals surface area contributed by atoms with Crippen LogP contribution in [0.2, 0.25) is 0 Å². The quantitative estimate of drug-likeness (QED) is 0.853. The number of hydrogen-bond acceptors (Lipinski definition) is 3. The summed E-state index contributed by atoms with van der Waals surface area (Å²) in [4.78, 5) is 0. The van der Waals surface area contributed by atoms with E-state index in [2.05, 4.69) is 20.7 Å². The van der Waals surface area contributed by atoms with Crippen LogP contribution in [0.1, 0.15) is 0 Å². The van der Waals surface area contributed by atoms with E-state index in [0.29, 0.717) is 10.2 Å². The third-order valence-electron chi connectivity index (χ3n) is 1.27. The molecule has 0 radical (unpaired) electrons. The summed E-state index contributed by atoms with van der Waals surface area (Å²) in [6, 6.07) is 4.55. The van der Waals surface area contributed by atoms with Crippen molar-refractivity contribution >= 4 is 31.6 Å². The molecule has 13 heavy (non-hydrogen) atoms. The van der Waals surface area contributed by atoms with Crippen molar-refractivity contribution in [3.63, 3.8) is 0 Å². The average molecular weight is 266 g/mol. The van der Waals surface area contributed by atoms with Gasteiger partial charge in [0.05, 0.1) is 16.4 Å². The van der Waals surface area contributed by atoms with Gasteiger partial charge in [0.2, 0.25) is 10.0 Å². The minimum Gasteiger partial charge on any atom is -0.507 e. The van der Waals surface area contributed by atoms with Gasteiger partial charge in [-0.3, -0.25) is 4.72 Å². The van der Waals surface area contributed by atoms with Gasteiger partial charge in [0.15, 0.2) is 0 Å². The van der Waals surface area contributed by atoms with Crippen molar-refractivity contribution in [3.8, 4) is 5.75 Å². The number of anilines is 1. The maximum atomic E-state index is 10.9. The van der Waals surface area contributed by atoms with Crippen molar-refractivity contribution in [3.05, 3.63) is 22.7 Å². The van der Waals surface area contributed by atoms with E-state index >= 15 is 0 Å². The Morgan fingerprint density at radius 3 is 2.62 bits per heavy atom. The summed E-state index contributed by atoms with van der Waals surface area (Å²) in [5.74, 6) is -0.00588. The normalized spacial score (nSPS) is 11.2. The van der Waals surface area contributed by atoms with E-state index in [-0.39, 0.29) is 5.75 Å². The number of rotatable bonds is 2. The maximum absolute atomic E-state index is 10.9. The molecule has 0 saturated carbocycles. The highest BCUT2D eigenvalue weighted by atomic mass is 79.9. The van der Waals surface area contributed by atoms with E-state index < -0.39 is 10.0 Å². The van der Waals surface area contributed by atoms with Crippen molar-refractivity contribution in [2.75, 3.05) is 11.0 Å². The lowest BCUT2D eigenvalue weighted by Gasteiger charge is -2.06. The third-order valence-corrected chi connectivity index (χ3v) is 2.70. The molecule has 6 heteroatoms. The monoisotopic (exact) mass is 265 g/mol. The number of phenolic OH excluding ortho intramolecular Hbond substituents is 1. The van der Waals surface area contributed by atoms with Crippen LogP contribution >= 0.6 is 15.9 Å². The van der Waals surface area contributed by atoms with E-state index in [9.17, 15) is 13.5 Å². The minimum absolute atomic E-state index is 0.00588. The second kappa shape index (κ2) is 3.55. The highest BCUT2D eigenvalue weighted by Gasteiger charge is 2.07. The molecule has 0 unspecified atom stereocenters. The molecule has 0 aromatic heterocycles. The fourth-order valence-electron chi connectivity index (χ4n) is 0.798. The summed E-state index contributed by atoms with van der Waals surface area (Å²) >= 11 is 3.06. The smallest absolute Gasteiger partial charge is 0.229 e. The zero-order chi connectivity index (χ0) is 10.1. The molecule has 0 saturated heterocycles. The lowest BCUT2D eigenvalue weighted by atomic mass is 10.3. The van der Waals surface area contributed by atoms with Crippen LogP contribution < -0.4 is 4.72 Å². The van der Waals surface area contributed by atoms with Crippen molar-refractivity contribution in [2.24, 2.45) is 0 Å². The SMILES string of the molecule is CS(=O)(=O)Nc1cccc(O)c1Br. The standard InChI is InChI=1S/C7H8BrNO3S/c1-13(11,12)9-5-3-2-4-6(10)7(5)8/h2-4,9-10H,1H3. The minimum atomic E-state index is -3.31. The molecular formula is C7H8BrNO3S. The Morgan fingerprint density at radius 2 is 2.08 bits per heavy atom. The molecule has 0 atom stereocenters. The fraction of sp³-hybridized carbons (Fsp3) is 0.143. The van der Waals surface area contributed by atoms with Gasteiger partial charge in [-0.1, -0.05) is 6.07 Å². The number of nitrogens with one attached hydrogen (secondary N) is 1. The lowest BCUT2D eigenvalue weighted by Crippen LogP contribution is -2.09. The third kappa shape index (κ3) is 2.89. The zero-order valence-electron chi connectivity index (χ0n) is 6.78. The molecule has 0 fully saturated rings. The first-order valence-electron chi connectivity index (χ1n) is 3.35. The molecule has 1 rings (SSSR count). The molecule has 0 amide bonds. The van der Waals surface area contributed by atoms with Crippen LogP contribution in [0.4, 0.5) is 5.69 Å². The molecule has 4 nitrogen and oxygen atoms in total. The van der Waals surface area contributed by atoms with Crippen LogP contribution in [-0.4, -0.2) is 19.8 Å². The Balaban J connectivity index is 3.10. The summed E-state index contributed by atoms with van der Waals surface area (Å²) in [5, 5.41) is 9.22.